The van der Waals surface area contributed by atoms with E-state index in [0.29, 0.717) is 23.6 Å². The normalized spacial score (nSPS) is 10.1. The van der Waals surface area contributed by atoms with Gasteiger partial charge in [-0.05, 0) is 60.2 Å². The summed E-state index contributed by atoms with van der Waals surface area (Å²) in [6, 6.07) is 12.5. The molecule has 0 aliphatic carbocycles. The lowest BCUT2D eigenvalue weighted by atomic mass is 10.1. The first-order chi connectivity index (χ1) is 11.5. The van der Waals surface area contributed by atoms with E-state index >= 15 is 0 Å². The monoisotopic (exact) mass is 439 g/mol. The summed E-state index contributed by atoms with van der Waals surface area (Å²) >= 11 is 2.16. The van der Waals surface area contributed by atoms with Crippen LogP contribution in [0.3, 0.4) is 0 Å². The van der Waals surface area contributed by atoms with Crippen molar-refractivity contribution in [3.63, 3.8) is 0 Å². The molecule has 0 unspecified atom stereocenters. The van der Waals surface area contributed by atoms with Crippen LogP contribution in [0, 0.1) is 10.5 Å². The molecule has 0 saturated carbocycles. The highest BCUT2D eigenvalue weighted by atomic mass is 127. The Morgan fingerprint density at radius 1 is 1.17 bits per heavy atom. The minimum atomic E-state index is -0.429. The van der Waals surface area contributed by atoms with E-state index in [1.807, 2.05) is 19.1 Å². The molecule has 0 aliphatic heterocycles. The van der Waals surface area contributed by atoms with Gasteiger partial charge in [0.05, 0.1) is 12.2 Å². The molecule has 0 aromatic heterocycles. The smallest absolute Gasteiger partial charge is 0.344 e. The first-order valence-corrected chi connectivity index (χ1v) is 8.54. The molecule has 2 aromatic rings. The van der Waals surface area contributed by atoms with Crippen molar-refractivity contribution in [2.75, 3.05) is 18.5 Å². The number of carbonyl (C=O) groups excluding carboxylic acids is 2. The van der Waals surface area contributed by atoms with Crippen LogP contribution in [0.5, 0.6) is 5.75 Å². The third-order valence-corrected chi connectivity index (χ3v) is 4.62. The van der Waals surface area contributed by atoms with Crippen molar-refractivity contribution < 1.29 is 19.1 Å². The quantitative estimate of drug-likeness (QED) is 0.550. The summed E-state index contributed by atoms with van der Waals surface area (Å²) < 4.78 is 11.1. The van der Waals surface area contributed by atoms with Gasteiger partial charge >= 0.3 is 5.97 Å². The first-order valence-electron chi connectivity index (χ1n) is 7.46. The van der Waals surface area contributed by atoms with Crippen LogP contribution in [0.2, 0.25) is 0 Å². The molecule has 0 spiro atoms. The second-order valence-corrected chi connectivity index (χ2v) is 6.09. The summed E-state index contributed by atoms with van der Waals surface area (Å²) in [6.45, 7) is 3.84. The summed E-state index contributed by atoms with van der Waals surface area (Å²) in [5.74, 6) is -0.133. The van der Waals surface area contributed by atoms with Gasteiger partial charge in [0, 0.05) is 15.3 Å². The fourth-order valence-electron chi connectivity index (χ4n) is 2.03. The average molecular weight is 439 g/mol. The Kier molecular flexibility index (Phi) is 6.60. The highest BCUT2D eigenvalue weighted by Gasteiger charge is 2.12. The van der Waals surface area contributed by atoms with E-state index in [-0.39, 0.29) is 12.5 Å². The predicted molar refractivity (Wildman–Crippen MR) is 100 cm³/mol. The number of halogens is 1. The van der Waals surface area contributed by atoms with Gasteiger partial charge < -0.3 is 14.8 Å². The largest absolute Gasteiger partial charge is 0.482 e. The second kappa shape index (κ2) is 8.68. The summed E-state index contributed by atoms with van der Waals surface area (Å²) in [5, 5.41) is 2.84. The lowest BCUT2D eigenvalue weighted by Crippen LogP contribution is -2.15. The van der Waals surface area contributed by atoms with Crippen molar-refractivity contribution in [2.24, 2.45) is 0 Å². The SMILES string of the molecule is CCOC(=O)COc1cccc(NC(=O)c2cccc(C)c2I)c1. The van der Waals surface area contributed by atoms with E-state index in [1.54, 1.807) is 37.3 Å². The molecule has 1 N–H and O–H groups in total. The summed E-state index contributed by atoms with van der Waals surface area (Å²) in [5.41, 5.74) is 2.27. The van der Waals surface area contributed by atoms with Crippen LogP contribution in [-0.4, -0.2) is 25.1 Å². The molecule has 5 nitrogen and oxygen atoms in total. The summed E-state index contributed by atoms with van der Waals surface area (Å²) in [4.78, 5) is 23.7. The summed E-state index contributed by atoms with van der Waals surface area (Å²) in [6.07, 6.45) is 0. The number of benzene rings is 2. The third kappa shape index (κ3) is 4.95. The van der Waals surface area contributed by atoms with Gasteiger partial charge in [-0.25, -0.2) is 4.79 Å². The number of carbonyl (C=O) groups is 2. The van der Waals surface area contributed by atoms with E-state index in [1.165, 1.54) is 0 Å². The Bertz CT molecular complexity index is 746. The van der Waals surface area contributed by atoms with Crippen molar-refractivity contribution >= 4 is 40.2 Å². The number of nitrogens with one attached hydrogen (secondary N) is 1. The van der Waals surface area contributed by atoms with Gasteiger partial charge in [-0.15, -0.1) is 0 Å². The maximum atomic E-state index is 12.4. The maximum absolute atomic E-state index is 12.4. The zero-order valence-electron chi connectivity index (χ0n) is 13.5. The third-order valence-electron chi connectivity index (χ3n) is 3.19. The van der Waals surface area contributed by atoms with Crippen molar-refractivity contribution in [1.82, 2.24) is 0 Å². The molecule has 2 rings (SSSR count). The number of aryl methyl sites for hydroxylation is 1. The van der Waals surface area contributed by atoms with Crippen LogP contribution in [0.25, 0.3) is 0 Å². The molecule has 0 fully saturated rings. The standard InChI is InChI=1S/C18H18INO4/c1-3-23-16(21)11-24-14-8-5-7-13(10-14)20-18(22)15-9-4-6-12(2)17(15)19/h4-10H,3,11H2,1-2H3,(H,20,22). The molecule has 6 heteroatoms. The van der Waals surface area contributed by atoms with Crippen molar-refractivity contribution in [1.29, 1.82) is 0 Å². The highest BCUT2D eigenvalue weighted by molar-refractivity contribution is 14.1. The van der Waals surface area contributed by atoms with Crippen LogP contribution in [0.15, 0.2) is 42.5 Å². The minimum absolute atomic E-state index is 0.166. The fourth-order valence-corrected chi connectivity index (χ4v) is 2.63. The molecule has 2 aromatic carbocycles. The van der Waals surface area contributed by atoms with Crippen LogP contribution in [-0.2, 0) is 9.53 Å². The van der Waals surface area contributed by atoms with E-state index in [4.69, 9.17) is 9.47 Å². The lowest BCUT2D eigenvalue weighted by molar-refractivity contribution is -0.145. The van der Waals surface area contributed by atoms with Crippen molar-refractivity contribution in [2.45, 2.75) is 13.8 Å². The molecule has 0 radical (unpaired) electrons. The van der Waals surface area contributed by atoms with Gasteiger partial charge in [0.2, 0.25) is 0 Å². The van der Waals surface area contributed by atoms with Gasteiger partial charge in [0.1, 0.15) is 5.75 Å². The molecular formula is C18H18INO4. The molecule has 24 heavy (non-hydrogen) atoms. The molecule has 0 heterocycles. The highest BCUT2D eigenvalue weighted by Crippen LogP contribution is 2.21. The van der Waals surface area contributed by atoms with Crippen molar-refractivity contribution in [3.8, 4) is 5.75 Å². The fraction of sp³-hybridized carbons (Fsp3) is 0.222. The number of amides is 1. The Morgan fingerprint density at radius 2 is 1.92 bits per heavy atom. The Labute approximate surface area is 154 Å². The first kappa shape index (κ1) is 18.3. The van der Waals surface area contributed by atoms with Crippen LogP contribution < -0.4 is 10.1 Å². The van der Waals surface area contributed by atoms with Gasteiger partial charge in [-0.2, -0.15) is 0 Å². The summed E-state index contributed by atoms with van der Waals surface area (Å²) in [7, 11) is 0. The molecule has 0 atom stereocenters. The molecular weight excluding hydrogens is 421 g/mol. The van der Waals surface area contributed by atoms with E-state index < -0.39 is 5.97 Å². The number of rotatable bonds is 6. The van der Waals surface area contributed by atoms with Gasteiger partial charge in [-0.1, -0.05) is 18.2 Å². The Hall–Kier alpha value is -2.09. The zero-order valence-corrected chi connectivity index (χ0v) is 15.6. The zero-order chi connectivity index (χ0) is 17.5. The van der Waals surface area contributed by atoms with E-state index in [2.05, 4.69) is 27.9 Å². The molecule has 0 saturated heterocycles. The molecule has 126 valence electrons. The molecule has 1 amide bonds. The molecule has 0 bridgehead atoms. The van der Waals surface area contributed by atoms with Gasteiger partial charge in [-0.3, -0.25) is 4.79 Å². The number of ether oxygens (including phenoxy) is 2. The van der Waals surface area contributed by atoms with Crippen LogP contribution in [0.4, 0.5) is 5.69 Å². The predicted octanol–water partition coefficient (Wildman–Crippen LogP) is 3.79. The number of hydrogen-bond acceptors (Lipinski definition) is 4. The lowest BCUT2D eigenvalue weighted by Gasteiger charge is -2.10. The number of hydrogen-bond donors (Lipinski definition) is 1. The Balaban J connectivity index is 2.05. The van der Waals surface area contributed by atoms with Gasteiger partial charge in [0.15, 0.2) is 6.61 Å². The topological polar surface area (TPSA) is 64.6 Å². The average Bonchev–Trinajstić information content (AvgIpc) is 2.56. The second-order valence-electron chi connectivity index (χ2n) is 5.01. The van der Waals surface area contributed by atoms with E-state index in [0.717, 1.165) is 9.13 Å². The number of esters is 1. The van der Waals surface area contributed by atoms with Crippen LogP contribution >= 0.6 is 22.6 Å². The maximum Gasteiger partial charge on any atom is 0.344 e. The number of anilines is 1. The molecule has 0 aliphatic rings. The van der Waals surface area contributed by atoms with E-state index in [9.17, 15) is 9.59 Å². The van der Waals surface area contributed by atoms with Crippen LogP contribution in [0.1, 0.15) is 22.8 Å². The minimum Gasteiger partial charge on any atom is -0.482 e. The van der Waals surface area contributed by atoms with Crippen molar-refractivity contribution in [3.05, 3.63) is 57.2 Å². The Morgan fingerprint density at radius 3 is 2.67 bits per heavy atom. The van der Waals surface area contributed by atoms with Gasteiger partial charge in [0.25, 0.3) is 5.91 Å².